The molecular weight excluding hydrogens is 246 g/mol. The average molecular weight is 273 g/mol. The smallest absolute Gasteiger partial charge is 0.0166 e. The SMILES string of the molecule is CCCCC(c1cccc2ccccc12)C(C)(C)N.O. The highest BCUT2D eigenvalue weighted by Gasteiger charge is 2.27. The Morgan fingerprint density at radius 3 is 2.35 bits per heavy atom. The number of unbranched alkanes of at least 4 members (excludes halogenated alkanes) is 1. The van der Waals surface area contributed by atoms with Gasteiger partial charge in [-0.15, -0.1) is 0 Å². The van der Waals surface area contributed by atoms with Crippen LogP contribution in [0.1, 0.15) is 51.5 Å². The molecule has 20 heavy (non-hydrogen) atoms. The van der Waals surface area contributed by atoms with Gasteiger partial charge in [0.05, 0.1) is 0 Å². The third kappa shape index (κ3) is 3.59. The highest BCUT2D eigenvalue weighted by atomic mass is 16.0. The summed E-state index contributed by atoms with van der Waals surface area (Å²) in [5.41, 5.74) is 7.66. The van der Waals surface area contributed by atoms with E-state index in [1.807, 2.05) is 0 Å². The molecule has 2 aromatic rings. The van der Waals surface area contributed by atoms with E-state index < -0.39 is 0 Å². The van der Waals surface area contributed by atoms with Crippen LogP contribution in [-0.4, -0.2) is 11.0 Å². The second-order valence-corrected chi connectivity index (χ2v) is 6.08. The van der Waals surface area contributed by atoms with E-state index in [0.717, 1.165) is 6.42 Å². The van der Waals surface area contributed by atoms with Crippen molar-refractivity contribution in [3.05, 3.63) is 48.0 Å². The van der Waals surface area contributed by atoms with Gasteiger partial charge in [-0.25, -0.2) is 0 Å². The van der Waals surface area contributed by atoms with E-state index in [4.69, 9.17) is 5.73 Å². The maximum Gasteiger partial charge on any atom is 0.0166 e. The first-order valence-electron chi connectivity index (χ1n) is 7.30. The van der Waals surface area contributed by atoms with E-state index in [2.05, 4.69) is 63.2 Å². The van der Waals surface area contributed by atoms with Crippen molar-refractivity contribution in [2.45, 2.75) is 51.5 Å². The zero-order valence-electron chi connectivity index (χ0n) is 12.8. The molecule has 0 bridgehead atoms. The molecule has 0 radical (unpaired) electrons. The average Bonchev–Trinajstić information content (AvgIpc) is 2.38. The van der Waals surface area contributed by atoms with Crippen LogP contribution in [0.4, 0.5) is 0 Å². The van der Waals surface area contributed by atoms with Gasteiger partial charge < -0.3 is 11.2 Å². The van der Waals surface area contributed by atoms with Crippen molar-refractivity contribution in [3.8, 4) is 0 Å². The molecule has 2 nitrogen and oxygen atoms in total. The van der Waals surface area contributed by atoms with Gasteiger partial charge >= 0.3 is 0 Å². The van der Waals surface area contributed by atoms with E-state index in [1.165, 1.54) is 29.2 Å². The van der Waals surface area contributed by atoms with Gasteiger partial charge in [0.15, 0.2) is 0 Å². The fraction of sp³-hybridized carbons (Fsp3) is 0.444. The summed E-state index contributed by atoms with van der Waals surface area (Å²) in [6, 6.07) is 15.2. The van der Waals surface area contributed by atoms with Crippen molar-refractivity contribution in [1.82, 2.24) is 0 Å². The minimum Gasteiger partial charge on any atom is -0.412 e. The van der Waals surface area contributed by atoms with Crippen LogP contribution in [-0.2, 0) is 0 Å². The van der Waals surface area contributed by atoms with Crippen molar-refractivity contribution in [2.75, 3.05) is 0 Å². The van der Waals surface area contributed by atoms with Crippen LogP contribution in [0, 0.1) is 0 Å². The molecule has 1 unspecified atom stereocenters. The lowest BCUT2D eigenvalue weighted by Gasteiger charge is -2.32. The molecule has 0 aliphatic carbocycles. The van der Waals surface area contributed by atoms with Crippen LogP contribution >= 0.6 is 0 Å². The second-order valence-electron chi connectivity index (χ2n) is 6.08. The minimum absolute atomic E-state index is 0. The van der Waals surface area contributed by atoms with Crippen LogP contribution in [0.25, 0.3) is 10.8 Å². The topological polar surface area (TPSA) is 57.5 Å². The van der Waals surface area contributed by atoms with Gasteiger partial charge in [-0.05, 0) is 36.6 Å². The Bertz CT molecular complexity index is 537. The quantitative estimate of drug-likeness (QED) is 0.878. The summed E-state index contributed by atoms with van der Waals surface area (Å²) in [5, 5.41) is 2.66. The Morgan fingerprint density at radius 2 is 1.70 bits per heavy atom. The molecule has 0 aliphatic rings. The van der Waals surface area contributed by atoms with Crippen molar-refractivity contribution in [3.63, 3.8) is 0 Å². The minimum atomic E-state index is -0.181. The molecule has 0 saturated heterocycles. The summed E-state index contributed by atoms with van der Waals surface area (Å²) in [7, 11) is 0. The van der Waals surface area contributed by atoms with Gasteiger partial charge in [-0.3, -0.25) is 0 Å². The second kappa shape index (κ2) is 6.87. The summed E-state index contributed by atoms with van der Waals surface area (Å²) in [5.74, 6) is 0.415. The summed E-state index contributed by atoms with van der Waals surface area (Å²) < 4.78 is 0. The lowest BCUT2D eigenvalue weighted by Crippen LogP contribution is -2.39. The third-order valence-corrected chi connectivity index (χ3v) is 3.94. The predicted molar refractivity (Wildman–Crippen MR) is 88.1 cm³/mol. The zero-order valence-corrected chi connectivity index (χ0v) is 12.8. The molecule has 1 atom stereocenters. The number of hydrogen-bond donors (Lipinski definition) is 1. The van der Waals surface area contributed by atoms with Crippen LogP contribution in [0.2, 0.25) is 0 Å². The Balaban J connectivity index is 0.00000200. The van der Waals surface area contributed by atoms with Crippen molar-refractivity contribution >= 4 is 10.8 Å². The molecule has 0 heterocycles. The summed E-state index contributed by atoms with van der Waals surface area (Å²) in [6.45, 7) is 6.54. The number of rotatable bonds is 5. The van der Waals surface area contributed by atoms with Crippen LogP contribution in [0.15, 0.2) is 42.5 Å². The molecule has 0 saturated carbocycles. The maximum atomic E-state index is 6.44. The van der Waals surface area contributed by atoms with E-state index in [0.29, 0.717) is 5.92 Å². The van der Waals surface area contributed by atoms with Crippen LogP contribution < -0.4 is 5.73 Å². The van der Waals surface area contributed by atoms with Crippen molar-refractivity contribution in [1.29, 1.82) is 0 Å². The van der Waals surface area contributed by atoms with Crippen molar-refractivity contribution in [2.24, 2.45) is 5.73 Å². The first kappa shape index (κ1) is 16.7. The van der Waals surface area contributed by atoms with Crippen molar-refractivity contribution < 1.29 is 5.48 Å². The molecule has 0 spiro atoms. The molecule has 0 fully saturated rings. The fourth-order valence-corrected chi connectivity index (χ4v) is 2.89. The van der Waals surface area contributed by atoms with Crippen LogP contribution in [0.3, 0.4) is 0 Å². The van der Waals surface area contributed by atoms with Gasteiger partial charge in [0.25, 0.3) is 0 Å². The molecule has 0 aromatic heterocycles. The molecule has 2 aromatic carbocycles. The van der Waals surface area contributed by atoms with Gasteiger partial charge in [0.1, 0.15) is 0 Å². The normalized spacial score (nSPS) is 13.0. The Morgan fingerprint density at radius 1 is 1.05 bits per heavy atom. The number of nitrogens with two attached hydrogens (primary N) is 1. The maximum absolute atomic E-state index is 6.44. The van der Waals surface area contributed by atoms with Gasteiger partial charge in [-0.2, -0.15) is 0 Å². The largest absolute Gasteiger partial charge is 0.412 e. The number of fused-ring (bicyclic) bond motifs is 1. The third-order valence-electron chi connectivity index (χ3n) is 3.94. The lowest BCUT2D eigenvalue weighted by atomic mass is 9.78. The molecule has 2 heteroatoms. The van der Waals surface area contributed by atoms with E-state index in [9.17, 15) is 0 Å². The fourth-order valence-electron chi connectivity index (χ4n) is 2.89. The predicted octanol–water partition coefficient (Wildman–Crippen LogP) is 4.03. The lowest BCUT2D eigenvalue weighted by molar-refractivity contribution is 0.383. The first-order valence-corrected chi connectivity index (χ1v) is 7.30. The molecule has 110 valence electrons. The van der Waals surface area contributed by atoms with E-state index >= 15 is 0 Å². The summed E-state index contributed by atoms with van der Waals surface area (Å²) >= 11 is 0. The van der Waals surface area contributed by atoms with Gasteiger partial charge in [-0.1, -0.05) is 62.2 Å². The summed E-state index contributed by atoms with van der Waals surface area (Å²) in [6.07, 6.45) is 3.61. The summed E-state index contributed by atoms with van der Waals surface area (Å²) in [4.78, 5) is 0. The number of hydrogen-bond acceptors (Lipinski definition) is 1. The standard InChI is InChI=1S/C18H25N.H2O/c1-4-5-13-17(18(2,3)19)16-12-8-10-14-9-6-7-11-15(14)16;/h6-12,17H,4-5,13,19H2,1-3H3;1H2. The molecule has 2 rings (SSSR count). The van der Waals surface area contributed by atoms with Gasteiger partial charge in [0.2, 0.25) is 0 Å². The highest BCUT2D eigenvalue weighted by molar-refractivity contribution is 5.86. The molecular formula is C18H27NO. The van der Waals surface area contributed by atoms with E-state index in [1.54, 1.807) is 0 Å². The monoisotopic (exact) mass is 273 g/mol. The Hall–Kier alpha value is -1.38. The molecule has 0 amide bonds. The van der Waals surface area contributed by atoms with E-state index in [-0.39, 0.29) is 11.0 Å². The number of benzene rings is 2. The Kier molecular flexibility index (Phi) is 5.73. The van der Waals surface area contributed by atoms with Crippen LogP contribution in [0.5, 0.6) is 0 Å². The molecule has 0 aliphatic heterocycles. The molecule has 4 N–H and O–H groups in total. The van der Waals surface area contributed by atoms with Gasteiger partial charge in [0, 0.05) is 11.5 Å². The Labute approximate surface area is 122 Å². The zero-order chi connectivity index (χ0) is 13.9. The first-order chi connectivity index (χ1) is 9.04. The highest BCUT2D eigenvalue weighted by Crippen LogP contribution is 2.35.